The van der Waals surface area contributed by atoms with Gasteiger partial charge in [0.2, 0.25) is 0 Å². The highest BCUT2D eigenvalue weighted by atomic mass is 16.3. The fourth-order valence-corrected chi connectivity index (χ4v) is 2.17. The third kappa shape index (κ3) is 4.77. The first-order chi connectivity index (χ1) is 10.2. The average molecular weight is 286 g/mol. The third-order valence-corrected chi connectivity index (χ3v) is 3.41. The molecule has 0 heterocycles. The molecule has 0 aromatic heterocycles. The molecule has 0 atom stereocenters. The van der Waals surface area contributed by atoms with Gasteiger partial charge in [0.25, 0.3) is 0 Å². The maximum absolute atomic E-state index is 9.74. The number of rotatable bonds is 7. The molecule has 0 fully saturated rings. The molecule has 4 heteroatoms. The molecule has 2 rings (SSSR count). The van der Waals surface area contributed by atoms with E-state index in [2.05, 4.69) is 10.2 Å². The number of phenolic OH excluding ortho intramolecular Hbond substituents is 2. The largest absolute Gasteiger partial charge is 0.508 e. The quantitative estimate of drug-likeness (QED) is 0.684. The zero-order chi connectivity index (χ0) is 15.1. The first-order valence-corrected chi connectivity index (χ1v) is 7.10. The van der Waals surface area contributed by atoms with Crippen molar-refractivity contribution in [1.82, 2.24) is 10.2 Å². The summed E-state index contributed by atoms with van der Waals surface area (Å²) >= 11 is 0. The molecule has 0 saturated heterocycles. The Morgan fingerprint density at radius 2 is 1.48 bits per heavy atom. The van der Waals surface area contributed by atoms with Crippen LogP contribution in [0.5, 0.6) is 11.5 Å². The van der Waals surface area contributed by atoms with Gasteiger partial charge >= 0.3 is 0 Å². The number of nitrogens with zero attached hydrogens (tertiary/aromatic N) is 1. The lowest BCUT2D eigenvalue weighted by molar-refractivity contribution is 0.317. The Morgan fingerprint density at radius 1 is 0.905 bits per heavy atom. The van der Waals surface area contributed by atoms with Crippen LogP contribution in [0.15, 0.2) is 48.5 Å². The van der Waals surface area contributed by atoms with Crippen LogP contribution in [0.25, 0.3) is 0 Å². The van der Waals surface area contributed by atoms with E-state index < -0.39 is 0 Å². The van der Waals surface area contributed by atoms with Gasteiger partial charge in [-0.05, 0) is 19.2 Å². The van der Waals surface area contributed by atoms with Gasteiger partial charge in [-0.3, -0.25) is 0 Å². The lowest BCUT2D eigenvalue weighted by Crippen LogP contribution is -2.28. The Bertz CT molecular complexity index is 572. The molecule has 2 aromatic carbocycles. The van der Waals surface area contributed by atoms with Crippen molar-refractivity contribution in [3.8, 4) is 11.5 Å². The summed E-state index contributed by atoms with van der Waals surface area (Å²) < 4.78 is 0. The van der Waals surface area contributed by atoms with Crippen LogP contribution in [0, 0.1) is 0 Å². The summed E-state index contributed by atoms with van der Waals surface area (Å²) in [5.74, 6) is 0.666. The van der Waals surface area contributed by atoms with Gasteiger partial charge in [0.05, 0.1) is 0 Å². The van der Waals surface area contributed by atoms with E-state index in [0.29, 0.717) is 24.6 Å². The summed E-state index contributed by atoms with van der Waals surface area (Å²) in [6, 6.07) is 14.7. The van der Waals surface area contributed by atoms with Crippen molar-refractivity contribution >= 4 is 0 Å². The molecular weight excluding hydrogens is 264 g/mol. The average Bonchev–Trinajstić information content (AvgIpc) is 2.48. The van der Waals surface area contributed by atoms with Crippen molar-refractivity contribution in [1.29, 1.82) is 0 Å². The minimum Gasteiger partial charge on any atom is -0.508 e. The topological polar surface area (TPSA) is 55.7 Å². The van der Waals surface area contributed by atoms with E-state index in [0.717, 1.165) is 24.2 Å². The van der Waals surface area contributed by atoms with Crippen molar-refractivity contribution < 1.29 is 10.2 Å². The van der Waals surface area contributed by atoms with Crippen LogP contribution in [0.2, 0.25) is 0 Å². The predicted molar refractivity (Wildman–Crippen MR) is 84.3 cm³/mol. The van der Waals surface area contributed by atoms with Crippen LogP contribution in [0.1, 0.15) is 11.1 Å². The second-order valence-corrected chi connectivity index (χ2v) is 5.17. The lowest BCUT2D eigenvalue weighted by atomic mass is 10.2. The Hall–Kier alpha value is -2.04. The predicted octanol–water partition coefficient (Wildman–Crippen LogP) is 2.32. The standard InChI is InChI=1S/C17H22N2O2/c1-19(13-15-7-3-5-9-17(15)21)11-10-18-12-14-6-2-4-8-16(14)20/h2-9,18,20-21H,10-13H2,1H3. The monoisotopic (exact) mass is 286 g/mol. The SMILES string of the molecule is CN(CCNCc1ccccc1O)Cc1ccccc1O. The van der Waals surface area contributed by atoms with E-state index in [4.69, 9.17) is 0 Å². The summed E-state index contributed by atoms with van der Waals surface area (Å²) in [4.78, 5) is 2.15. The molecule has 4 nitrogen and oxygen atoms in total. The molecule has 112 valence electrons. The Balaban J connectivity index is 1.71. The number of hydrogen-bond donors (Lipinski definition) is 3. The molecule has 0 spiro atoms. The molecule has 3 N–H and O–H groups in total. The van der Waals surface area contributed by atoms with Crippen LogP contribution in [-0.4, -0.2) is 35.3 Å². The molecule has 21 heavy (non-hydrogen) atoms. The van der Waals surface area contributed by atoms with Gasteiger partial charge in [0.15, 0.2) is 0 Å². The normalized spacial score (nSPS) is 11.0. The zero-order valence-electron chi connectivity index (χ0n) is 12.3. The maximum Gasteiger partial charge on any atom is 0.120 e. The molecule has 2 aromatic rings. The third-order valence-electron chi connectivity index (χ3n) is 3.41. The van der Waals surface area contributed by atoms with Crippen molar-refractivity contribution in [2.75, 3.05) is 20.1 Å². The fraction of sp³-hybridized carbons (Fsp3) is 0.294. The van der Waals surface area contributed by atoms with Gasteiger partial charge in [0, 0.05) is 37.3 Å². The van der Waals surface area contributed by atoms with Crippen molar-refractivity contribution in [3.05, 3.63) is 59.7 Å². The van der Waals surface area contributed by atoms with Crippen LogP contribution < -0.4 is 5.32 Å². The van der Waals surface area contributed by atoms with Gasteiger partial charge in [-0.2, -0.15) is 0 Å². The fourth-order valence-electron chi connectivity index (χ4n) is 2.17. The number of phenols is 2. The van der Waals surface area contributed by atoms with Gasteiger partial charge in [-0.15, -0.1) is 0 Å². The summed E-state index contributed by atoms with van der Waals surface area (Å²) in [5, 5.41) is 22.7. The summed E-state index contributed by atoms with van der Waals surface area (Å²) in [7, 11) is 2.02. The Labute approximate surface area is 125 Å². The Kier molecular flexibility index (Phi) is 5.60. The highest BCUT2D eigenvalue weighted by molar-refractivity contribution is 5.32. The molecule has 0 aliphatic carbocycles. The Morgan fingerprint density at radius 3 is 2.10 bits per heavy atom. The first-order valence-electron chi connectivity index (χ1n) is 7.10. The number of para-hydroxylation sites is 2. The molecule has 0 aliphatic rings. The number of benzene rings is 2. The van der Waals surface area contributed by atoms with E-state index in [-0.39, 0.29) is 0 Å². The van der Waals surface area contributed by atoms with Gasteiger partial charge in [-0.25, -0.2) is 0 Å². The first kappa shape index (κ1) is 15.4. The van der Waals surface area contributed by atoms with Crippen molar-refractivity contribution in [2.24, 2.45) is 0 Å². The number of likely N-dealkylation sites (N-methyl/N-ethyl adjacent to an activating group) is 1. The highest BCUT2D eigenvalue weighted by Gasteiger charge is 2.04. The minimum absolute atomic E-state index is 0.326. The van der Waals surface area contributed by atoms with Crippen LogP contribution in [0.4, 0.5) is 0 Å². The van der Waals surface area contributed by atoms with E-state index in [1.54, 1.807) is 12.1 Å². The van der Waals surface area contributed by atoms with E-state index in [1.807, 2.05) is 43.4 Å². The highest BCUT2D eigenvalue weighted by Crippen LogP contribution is 2.17. The molecule has 0 saturated carbocycles. The number of hydrogen-bond acceptors (Lipinski definition) is 4. The molecule has 0 amide bonds. The summed E-state index contributed by atoms with van der Waals surface area (Å²) in [6.45, 7) is 3.04. The van der Waals surface area contributed by atoms with Crippen LogP contribution in [-0.2, 0) is 13.1 Å². The van der Waals surface area contributed by atoms with Crippen LogP contribution in [0.3, 0.4) is 0 Å². The zero-order valence-corrected chi connectivity index (χ0v) is 12.3. The lowest BCUT2D eigenvalue weighted by Gasteiger charge is -2.17. The second-order valence-electron chi connectivity index (χ2n) is 5.17. The molecule has 0 bridgehead atoms. The van der Waals surface area contributed by atoms with Crippen LogP contribution >= 0.6 is 0 Å². The number of aromatic hydroxyl groups is 2. The molecular formula is C17H22N2O2. The van der Waals surface area contributed by atoms with E-state index in [1.165, 1.54) is 0 Å². The summed E-state index contributed by atoms with van der Waals surface area (Å²) in [5.41, 5.74) is 1.83. The minimum atomic E-state index is 0.326. The van der Waals surface area contributed by atoms with Crippen molar-refractivity contribution in [2.45, 2.75) is 13.1 Å². The molecule has 0 aliphatic heterocycles. The summed E-state index contributed by atoms with van der Waals surface area (Å²) in [6.07, 6.45) is 0. The van der Waals surface area contributed by atoms with E-state index in [9.17, 15) is 10.2 Å². The van der Waals surface area contributed by atoms with E-state index >= 15 is 0 Å². The molecule has 0 unspecified atom stereocenters. The second kappa shape index (κ2) is 7.67. The maximum atomic E-state index is 9.74. The van der Waals surface area contributed by atoms with Crippen molar-refractivity contribution in [3.63, 3.8) is 0 Å². The number of nitrogens with one attached hydrogen (secondary N) is 1. The van der Waals surface area contributed by atoms with Gasteiger partial charge in [0.1, 0.15) is 11.5 Å². The molecule has 0 radical (unpaired) electrons. The van der Waals surface area contributed by atoms with Gasteiger partial charge < -0.3 is 20.4 Å². The smallest absolute Gasteiger partial charge is 0.120 e. The van der Waals surface area contributed by atoms with Gasteiger partial charge in [-0.1, -0.05) is 36.4 Å².